The van der Waals surface area contributed by atoms with Gasteiger partial charge in [-0.2, -0.15) is 0 Å². The van der Waals surface area contributed by atoms with E-state index >= 15 is 0 Å². The van der Waals surface area contributed by atoms with Gasteiger partial charge in [-0.15, -0.1) is 0 Å². The molecule has 30 heavy (non-hydrogen) atoms. The largest absolute Gasteiger partial charge is 0.456 e. The summed E-state index contributed by atoms with van der Waals surface area (Å²) in [5, 5.41) is 0. The summed E-state index contributed by atoms with van der Waals surface area (Å²) in [4.78, 5) is 12.1. The van der Waals surface area contributed by atoms with Crippen molar-refractivity contribution in [1.82, 2.24) is 0 Å². The molecule has 178 valence electrons. The molecule has 0 radical (unpaired) electrons. The number of halogens is 1. The molecular weight excluding hydrogens is 476 g/mol. The van der Waals surface area contributed by atoms with E-state index in [1.54, 1.807) is 0 Å². The first-order chi connectivity index (χ1) is 13.7. The molecule has 0 aromatic carbocycles. The number of alkyl halides is 1. The number of carbonyl (C=O) groups is 1. The lowest BCUT2D eigenvalue weighted by Crippen LogP contribution is -2.55. The monoisotopic (exact) mass is 522 g/mol. The van der Waals surface area contributed by atoms with Crippen LogP contribution in [0.4, 0.5) is 0 Å². The second-order valence-electron chi connectivity index (χ2n) is 10.9. The maximum atomic E-state index is 12.5. The molecule has 3 atom stereocenters. The van der Waals surface area contributed by atoms with Gasteiger partial charge in [-0.3, -0.25) is 4.79 Å². The van der Waals surface area contributed by atoms with Crippen LogP contribution in [0.1, 0.15) is 83.1 Å². The van der Waals surface area contributed by atoms with Crippen molar-refractivity contribution in [2.45, 2.75) is 133 Å². The second kappa shape index (κ2) is 10.9. The van der Waals surface area contributed by atoms with Crippen molar-refractivity contribution in [1.29, 1.82) is 0 Å². The molecule has 4 nitrogen and oxygen atoms in total. The zero-order valence-electron chi connectivity index (χ0n) is 21.4. The number of cyclic esters (lactones) is 1. The lowest BCUT2D eigenvalue weighted by Gasteiger charge is -2.46. The zero-order valence-corrected chi connectivity index (χ0v) is 25.0. The van der Waals surface area contributed by atoms with Gasteiger partial charge in [-0.05, 0) is 33.2 Å². The van der Waals surface area contributed by atoms with Crippen molar-refractivity contribution >= 4 is 38.5 Å². The van der Waals surface area contributed by atoms with E-state index in [1.807, 2.05) is 0 Å². The number of carbonyl (C=O) groups excluding carboxylic acids is 1. The number of ether oxygens (including phenoxy) is 1. The molecule has 0 aromatic heterocycles. The Morgan fingerprint density at radius 3 is 1.47 bits per heavy atom. The van der Waals surface area contributed by atoms with Gasteiger partial charge in [0.15, 0.2) is 6.10 Å². The molecule has 7 heteroatoms. The van der Waals surface area contributed by atoms with Crippen LogP contribution in [-0.4, -0.2) is 46.2 Å². The molecular formula is C23H47BrO4Si2. The number of esters is 1. The van der Waals surface area contributed by atoms with Crippen LogP contribution in [0.3, 0.4) is 0 Å². The Bertz CT molecular complexity index is 520. The first-order valence-electron chi connectivity index (χ1n) is 11.8. The lowest BCUT2D eigenvalue weighted by molar-refractivity contribution is -0.142. The lowest BCUT2D eigenvalue weighted by atomic mass is 10.2. The predicted molar refractivity (Wildman–Crippen MR) is 136 cm³/mol. The highest BCUT2D eigenvalue weighted by molar-refractivity contribution is 9.10. The van der Waals surface area contributed by atoms with Gasteiger partial charge in [-0.1, -0.05) is 99.0 Å². The SMILES string of the molecule is CC(C)[Si](OC[C@H]1OC(=O)C(Br)[C@@H]1O[Si](C(C)C)(C(C)C)C(C)C)(C(C)C)C(C)C. The third kappa shape index (κ3) is 5.27. The molecule has 1 heterocycles. The van der Waals surface area contributed by atoms with E-state index in [-0.39, 0.29) is 18.2 Å². The van der Waals surface area contributed by atoms with Gasteiger partial charge < -0.3 is 13.6 Å². The van der Waals surface area contributed by atoms with Gasteiger partial charge in [0.05, 0.1) is 6.61 Å². The number of rotatable bonds is 11. The van der Waals surface area contributed by atoms with Crippen LogP contribution in [0, 0.1) is 0 Å². The van der Waals surface area contributed by atoms with Gasteiger partial charge in [-0.25, -0.2) is 0 Å². The van der Waals surface area contributed by atoms with Gasteiger partial charge in [0.2, 0.25) is 16.6 Å². The van der Waals surface area contributed by atoms with Crippen molar-refractivity contribution in [3.8, 4) is 0 Å². The summed E-state index contributed by atoms with van der Waals surface area (Å²) in [6.45, 7) is 27.7. The van der Waals surface area contributed by atoms with Gasteiger partial charge in [0.25, 0.3) is 0 Å². The van der Waals surface area contributed by atoms with Crippen molar-refractivity contribution in [2.24, 2.45) is 0 Å². The maximum Gasteiger partial charge on any atom is 0.322 e. The average molecular weight is 524 g/mol. The van der Waals surface area contributed by atoms with Crippen LogP contribution >= 0.6 is 15.9 Å². The summed E-state index contributed by atoms with van der Waals surface area (Å²) in [5.41, 5.74) is 2.82. The average Bonchev–Trinajstić information content (AvgIpc) is 2.85. The Labute approximate surface area is 196 Å². The molecule has 0 amide bonds. The molecule has 0 N–H and O–H groups in total. The molecule has 0 saturated carbocycles. The quantitative estimate of drug-likeness (QED) is 0.160. The Morgan fingerprint density at radius 1 is 0.767 bits per heavy atom. The third-order valence-electron chi connectivity index (χ3n) is 7.40. The smallest absolute Gasteiger partial charge is 0.322 e. The van der Waals surface area contributed by atoms with Crippen molar-refractivity contribution in [3.63, 3.8) is 0 Å². The van der Waals surface area contributed by atoms with E-state index in [4.69, 9.17) is 13.6 Å². The van der Waals surface area contributed by atoms with Crippen LogP contribution in [0.25, 0.3) is 0 Å². The highest BCUT2D eigenvalue weighted by atomic mass is 79.9. The summed E-state index contributed by atoms with van der Waals surface area (Å²) < 4.78 is 19.6. The van der Waals surface area contributed by atoms with Crippen LogP contribution in [0.15, 0.2) is 0 Å². The highest BCUT2D eigenvalue weighted by Gasteiger charge is 2.54. The Morgan fingerprint density at radius 2 is 1.13 bits per heavy atom. The molecule has 1 aliphatic rings. The summed E-state index contributed by atoms with van der Waals surface area (Å²) in [6, 6.07) is 0. The minimum atomic E-state index is -2.15. The van der Waals surface area contributed by atoms with E-state index in [0.717, 1.165) is 0 Å². The highest BCUT2D eigenvalue weighted by Crippen LogP contribution is 2.46. The Balaban J connectivity index is 3.22. The fourth-order valence-corrected chi connectivity index (χ4v) is 18.0. The van der Waals surface area contributed by atoms with Crippen LogP contribution in [-0.2, 0) is 18.4 Å². The standard InChI is InChI=1S/C23H47BrO4Si2/c1-14(2)29(15(3)4,16(5)6)26-13-20-22(21(24)23(25)27-20)28-30(17(7)8,18(9)10)19(11)12/h14-22H,13H2,1-12H3/t20-,21?,22-/m1/s1. The molecule has 0 spiro atoms. The Kier molecular flexibility index (Phi) is 10.3. The summed E-state index contributed by atoms with van der Waals surface area (Å²) in [7, 11) is -4.20. The van der Waals surface area contributed by atoms with E-state index < -0.39 is 21.5 Å². The third-order valence-corrected chi connectivity index (χ3v) is 20.5. The molecule has 1 fully saturated rings. The van der Waals surface area contributed by atoms with Gasteiger partial charge in [0.1, 0.15) is 10.9 Å². The molecule has 0 aromatic rings. The van der Waals surface area contributed by atoms with Gasteiger partial charge in [0, 0.05) is 0 Å². The van der Waals surface area contributed by atoms with E-state index in [2.05, 4.69) is 99.0 Å². The minimum absolute atomic E-state index is 0.223. The number of hydrogen-bond donors (Lipinski definition) is 0. The fraction of sp³-hybridized carbons (Fsp3) is 0.957. The van der Waals surface area contributed by atoms with Crippen LogP contribution in [0.2, 0.25) is 33.2 Å². The molecule has 0 bridgehead atoms. The molecule has 1 aliphatic heterocycles. The summed E-state index contributed by atoms with van der Waals surface area (Å²) >= 11 is 3.60. The van der Waals surface area contributed by atoms with Crippen LogP contribution in [0.5, 0.6) is 0 Å². The minimum Gasteiger partial charge on any atom is -0.456 e. The first kappa shape index (κ1) is 28.3. The summed E-state index contributed by atoms with van der Waals surface area (Å²) in [5.74, 6) is -0.223. The second-order valence-corrected chi connectivity index (χ2v) is 22.8. The Hall–Kier alpha value is 0.304. The predicted octanol–water partition coefficient (Wildman–Crippen LogP) is 7.43. The van der Waals surface area contributed by atoms with E-state index in [0.29, 0.717) is 39.9 Å². The molecule has 1 saturated heterocycles. The molecule has 0 aliphatic carbocycles. The van der Waals surface area contributed by atoms with E-state index in [1.165, 1.54) is 0 Å². The first-order valence-corrected chi connectivity index (χ1v) is 17.0. The van der Waals surface area contributed by atoms with Crippen molar-refractivity contribution in [2.75, 3.05) is 6.61 Å². The number of hydrogen-bond acceptors (Lipinski definition) is 4. The topological polar surface area (TPSA) is 44.8 Å². The van der Waals surface area contributed by atoms with Crippen LogP contribution < -0.4 is 0 Å². The van der Waals surface area contributed by atoms with Crippen molar-refractivity contribution < 1.29 is 18.4 Å². The maximum absolute atomic E-state index is 12.5. The zero-order chi connectivity index (χ0) is 23.6. The van der Waals surface area contributed by atoms with Crippen molar-refractivity contribution in [3.05, 3.63) is 0 Å². The van der Waals surface area contributed by atoms with E-state index in [9.17, 15) is 4.79 Å². The fourth-order valence-electron chi connectivity index (χ4n) is 6.24. The molecule has 1 rings (SSSR count). The van der Waals surface area contributed by atoms with Gasteiger partial charge >= 0.3 is 5.97 Å². The molecule has 1 unspecified atom stereocenters. The normalized spacial score (nSPS) is 23.7. The summed E-state index contributed by atoms with van der Waals surface area (Å²) in [6.07, 6.45) is -0.650.